The number of halogens is 1. The van der Waals surface area contributed by atoms with Crippen molar-refractivity contribution in [1.29, 1.82) is 0 Å². The molecule has 22 heavy (non-hydrogen) atoms. The Hall–Kier alpha value is -1.24. The van der Waals surface area contributed by atoms with E-state index in [4.69, 9.17) is 0 Å². The molecule has 0 aliphatic carbocycles. The van der Waals surface area contributed by atoms with Gasteiger partial charge in [-0.25, -0.2) is 0 Å². The summed E-state index contributed by atoms with van der Waals surface area (Å²) in [5.41, 5.74) is 1.09. The lowest BCUT2D eigenvalue weighted by Gasteiger charge is -2.22. The first-order chi connectivity index (χ1) is 10.1. The molecule has 1 fully saturated rings. The highest BCUT2D eigenvalue weighted by Crippen LogP contribution is 2.18. The smallest absolute Gasteiger partial charge is 0.255 e. The van der Waals surface area contributed by atoms with Gasteiger partial charge in [0.1, 0.15) is 0 Å². The molecule has 1 saturated heterocycles. The van der Waals surface area contributed by atoms with Crippen molar-refractivity contribution in [2.75, 3.05) is 37.5 Å². The van der Waals surface area contributed by atoms with Crippen LogP contribution in [-0.4, -0.2) is 54.9 Å². The molecule has 0 radical (unpaired) electrons. The number of carbonyl (C=O) groups excluding carboxylic acids is 2. The van der Waals surface area contributed by atoms with Gasteiger partial charge in [-0.3, -0.25) is 9.59 Å². The van der Waals surface area contributed by atoms with Gasteiger partial charge in [0.15, 0.2) is 0 Å². The van der Waals surface area contributed by atoms with Crippen LogP contribution in [0.2, 0.25) is 0 Å². The number of nitrogens with one attached hydrogen (secondary N) is 2. The van der Waals surface area contributed by atoms with Crippen LogP contribution >= 0.6 is 24.2 Å². The number of carbonyl (C=O) groups is 2. The molecule has 1 atom stereocenters. The van der Waals surface area contributed by atoms with Gasteiger partial charge in [-0.15, -0.1) is 12.4 Å². The van der Waals surface area contributed by atoms with Crippen molar-refractivity contribution < 1.29 is 9.59 Å². The Bertz CT molecular complexity index is 519. The molecular weight excluding hydrogens is 322 g/mol. The SMILES string of the molecule is CN(C)C(=O)c1ccccc1NC(=O)CC1CSCCN1.Cl. The molecule has 0 spiro atoms. The van der Waals surface area contributed by atoms with E-state index in [9.17, 15) is 9.59 Å². The molecule has 0 bridgehead atoms. The maximum Gasteiger partial charge on any atom is 0.255 e. The Morgan fingerprint density at radius 2 is 2.09 bits per heavy atom. The average Bonchev–Trinajstić information content (AvgIpc) is 2.48. The van der Waals surface area contributed by atoms with Crippen LogP contribution in [0, 0.1) is 0 Å². The fourth-order valence-electron chi connectivity index (χ4n) is 2.20. The van der Waals surface area contributed by atoms with E-state index >= 15 is 0 Å². The van der Waals surface area contributed by atoms with E-state index in [1.807, 2.05) is 17.8 Å². The van der Waals surface area contributed by atoms with Gasteiger partial charge in [0.2, 0.25) is 5.91 Å². The lowest BCUT2D eigenvalue weighted by molar-refractivity contribution is -0.116. The number of para-hydroxylation sites is 1. The molecule has 122 valence electrons. The van der Waals surface area contributed by atoms with Crippen LogP contribution in [0.15, 0.2) is 24.3 Å². The minimum absolute atomic E-state index is 0. The highest BCUT2D eigenvalue weighted by atomic mass is 35.5. The second kappa shape index (κ2) is 9.02. The number of amides is 2. The van der Waals surface area contributed by atoms with Gasteiger partial charge >= 0.3 is 0 Å². The van der Waals surface area contributed by atoms with E-state index in [1.54, 1.807) is 32.3 Å². The van der Waals surface area contributed by atoms with Crippen molar-refractivity contribution in [3.05, 3.63) is 29.8 Å². The van der Waals surface area contributed by atoms with E-state index in [1.165, 1.54) is 4.90 Å². The molecule has 1 aliphatic rings. The van der Waals surface area contributed by atoms with Crippen LogP contribution in [0.1, 0.15) is 16.8 Å². The van der Waals surface area contributed by atoms with E-state index in [-0.39, 0.29) is 30.3 Å². The second-order valence-electron chi connectivity index (χ2n) is 5.22. The summed E-state index contributed by atoms with van der Waals surface area (Å²) in [5.74, 6) is 1.87. The number of hydrogen-bond donors (Lipinski definition) is 2. The third kappa shape index (κ3) is 5.19. The Morgan fingerprint density at radius 1 is 1.36 bits per heavy atom. The molecule has 0 saturated carbocycles. The minimum atomic E-state index is -0.114. The zero-order valence-electron chi connectivity index (χ0n) is 12.8. The monoisotopic (exact) mass is 343 g/mol. The third-order valence-electron chi connectivity index (χ3n) is 3.27. The van der Waals surface area contributed by atoms with Gasteiger partial charge in [-0.1, -0.05) is 12.1 Å². The van der Waals surface area contributed by atoms with Gasteiger partial charge in [-0.2, -0.15) is 11.8 Å². The number of nitrogens with zero attached hydrogens (tertiary/aromatic N) is 1. The summed E-state index contributed by atoms with van der Waals surface area (Å²) in [6, 6.07) is 7.31. The number of hydrogen-bond acceptors (Lipinski definition) is 4. The minimum Gasteiger partial charge on any atom is -0.345 e. The predicted octanol–water partition coefficient (Wildman–Crippen LogP) is 1.84. The van der Waals surface area contributed by atoms with Crippen LogP contribution in [0.4, 0.5) is 5.69 Å². The van der Waals surface area contributed by atoms with E-state index in [2.05, 4.69) is 10.6 Å². The maximum absolute atomic E-state index is 12.1. The summed E-state index contributed by atoms with van der Waals surface area (Å²) in [5, 5.41) is 6.19. The number of thioether (sulfide) groups is 1. The summed E-state index contributed by atoms with van der Waals surface area (Å²) < 4.78 is 0. The Morgan fingerprint density at radius 3 is 2.73 bits per heavy atom. The number of anilines is 1. The highest BCUT2D eigenvalue weighted by Gasteiger charge is 2.19. The Labute approximate surface area is 141 Å². The van der Waals surface area contributed by atoms with E-state index in [0.29, 0.717) is 17.7 Å². The molecule has 1 aliphatic heterocycles. The lowest BCUT2D eigenvalue weighted by Crippen LogP contribution is -2.40. The van der Waals surface area contributed by atoms with E-state index < -0.39 is 0 Å². The molecule has 7 heteroatoms. The molecule has 2 amide bonds. The summed E-state index contributed by atoms with van der Waals surface area (Å²) in [7, 11) is 3.40. The first-order valence-corrected chi connectivity index (χ1v) is 8.15. The summed E-state index contributed by atoms with van der Waals surface area (Å²) in [4.78, 5) is 25.7. The molecule has 1 aromatic carbocycles. The van der Waals surface area contributed by atoms with Crippen molar-refractivity contribution in [1.82, 2.24) is 10.2 Å². The van der Waals surface area contributed by atoms with Gasteiger partial charge in [-0.05, 0) is 12.1 Å². The summed E-state index contributed by atoms with van der Waals surface area (Å²) in [6.45, 7) is 0.943. The zero-order valence-corrected chi connectivity index (χ0v) is 14.4. The van der Waals surface area contributed by atoms with Gasteiger partial charge < -0.3 is 15.5 Å². The lowest BCUT2D eigenvalue weighted by atomic mass is 10.1. The van der Waals surface area contributed by atoms with Crippen molar-refractivity contribution in [2.45, 2.75) is 12.5 Å². The van der Waals surface area contributed by atoms with Crippen molar-refractivity contribution in [3.63, 3.8) is 0 Å². The first-order valence-electron chi connectivity index (χ1n) is 6.99. The quantitative estimate of drug-likeness (QED) is 0.875. The molecule has 2 N–H and O–H groups in total. The molecule has 0 aromatic heterocycles. The van der Waals surface area contributed by atoms with E-state index in [0.717, 1.165) is 18.1 Å². The van der Waals surface area contributed by atoms with Crippen LogP contribution < -0.4 is 10.6 Å². The van der Waals surface area contributed by atoms with Crippen molar-refractivity contribution in [3.8, 4) is 0 Å². The van der Waals surface area contributed by atoms with Gasteiger partial charge in [0.25, 0.3) is 5.91 Å². The normalized spacial score (nSPS) is 17.3. The second-order valence-corrected chi connectivity index (χ2v) is 6.37. The van der Waals surface area contributed by atoms with Crippen LogP contribution in [0.25, 0.3) is 0 Å². The molecule has 1 heterocycles. The van der Waals surface area contributed by atoms with Crippen LogP contribution in [-0.2, 0) is 4.79 Å². The Balaban J connectivity index is 0.00000242. The zero-order chi connectivity index (χ0) is 15.2. The van der Waals surface area contributed by atoms with Crippen molar-refractivity contribution in [2.24, 2.45) is 0 Å². The predicted molar refractivity (Wildman–Crippen MR) is 94.1 cm³/mol. The highest BCUT2D eigenvalue weighted by molar-refractivity contribution is 7.99. The molecular formula is C15H22ClN3O2S. The standard InChI is InChI=1S/C15H21N3O2S.ClH/c1-18(2)15(20)12-5-3-4-6-13(12)17-14(19)9-11-10-21-8-7-16-11;/h3-6,11,16H,7-10H2,1-2H3,(H,17,19);1H. The average molecular weight is 344 g/mol. The van der Waals surface area contributed by atoms with Crippen LogP contribution in [0.3, 0.4) is 0 Å². The topological polar surface area (TPSA) is 61.4 Å². The fraction of sp³-hybridized carbons (Fsp3) is 0.467. The molecule has 1 unspecified atom stereocenters. The number of rotatable bonds is 4. The Kier molecular flexibility index (Phi) is 7.72. The maximum atomic E-state index is 12.1. The largest absolute Gasteiger partial charge is 0.345 e. The van der Waals surface area contributed by atoms with Crippen molar-refractivity contribution >= 4 is 41.7 Å². The van der Waals surface area contributed by atoms with Crippen LogP contribution in [0.5, 0.6) is 0 Å². The first kappa shape index (κ1) is 18.8. The fourth-order valence-corrected chi connectivity index (χ4v) is 3.14. The molecule has 2 rings (SSSR count). The molecule has 5 nitrogen and oxygen atoms in total. The summed E-state index contributed by atoms with van der Waals surface area (Å²) >= 11 is 1.86. The third-order valence-corrected chi connectivity index (χ3v) is 4.40. The summed E-state index contributed by atoms with van der Waals surface area (Å²) in [6.07, 6.45) is 0.428. The molecule has 1 aromatic rings. The van der Waals surface area contributed by atoms with Gasteiger partial charge in [0, 0.05) is 44.6 Å². The van der Waals surface area contributed by atoms with Gasteiger partial charge in [0.05, 0.1) is 11.3 Å². The number of benzene rings is 1.